The van der Waals surface area contributed by atoms with Crippen molar-refractivity contribution < 1.29 is 23.8 Å². The van der Waals surface area contributed by atoms with Gasteiger partial charge in [0.2, 0.25) is 0 Å². The number of carboxylic acid groups (broad SMARTS) is 1. The highest BCUT2D eigenvalue weighted by molar-refractivity contribution is 6.09. The minimum Gasteiger partial charge on any atom is -0.497 e. The Kier molecular flexibility index (Phi) is 4.22. The van der Waals surface area contributed by atoms with Crippen molar-refractivity contribution in [3.8, 4) is 5.75 Å². The molecule has 5 rings (SSSR count). The zero-order valence-corrected chi connectivity index (χ0v) is 18.8. The molecule has 1 N–H and O–H groups in total. The van der Waals surface area contributed by atoms with Gasteiger partial charge in [0.25, 0.3) is 0 Å². The number of ether oxygens (including phenoxy) is 2. The van der Waals surface area contributed by atoms with Gasteiger partial charge in [0.1, 0.15) is 23.3 Å². The van der Waals surface area contributed by atoms with E-state index in [1.54, 1.807) is 20.1 Å². The molecule has 4 atom stereocenters. The van der Waals surface area contributed by atoms with Crippen LogP contribution in [0.15, 0.2) is 14.0 Å². The molecule has 1 aromatic heterocycles. The molecule has 3 heterocycles. The van der Waals surface area contributed by atoms with Crippen LogP contribution in [0.1, 0.15) is 72.1 Å². The van der Waals surface area contributed by atoms with Gasteiger partial charge < -0.3 is 19.0 Å². The van der Waals surface area contributed by atoms with Gasteiger partial charge in [0.05, 0.1) is 16.9 Å². The van der Waals surface area contributed by atoms with Crippen molar-refractivity contribution in [1.29, 1.82) is 0 Å². The summed E-state index contributed by atoms with van der Waals surface area (Å²) in [5.74, 6) is -1.35. The monoisotopic (exact) mass is 436 g/mol. The third-order valence-electron chi connectivity index (χ3n) is 7.32. The number of rotatable bonds is 1. The van der Waals surface area contributed by atoms with Crippen LogP contribution in [0, 0.1) is 13.8 Å². The second-order valence-corrected chi connectivity index (χ2v) is 9.03. The summed E-state index contributed by atoms with van der Waals surface area (Å²) in [6, 6.07) is 0. The Morgan fingerprint density at radius 3 is 2.16 bits per heavy atom. The van der Waals surface area contributed by atoms with Gasteiger partial charge in [-0.05, 0) is 38.8 Å². The Morgan fingerprint density at radius 2 is 1.50 bits per heavy atom. The number of aromatic carboxylic acids is 1. The van der Waals surface area contributed by atoms with Crippen LogP contribution in [0.4, 0.5) is 0 Å². The van der Waals surface area contributed by atoms with Crippen LogP contribution in [-0.4, -0.2) is 23.3 Å². The Hall–Kier alpha value is -3.35. The lowest BCUT2D eigenvalue weighted by atomic mass is 9.83. The maximum absolute atomic E-state index is 13.6. The number of benzene rings is 2. The van der Waals surface area contributed by atoms with E-state index in [9.17, 15) is 19.5 Å². The van der Waals surface area contributed by atoms with E-state index in [0.29, 0.717) is 27.3 Å². The van der Waals surface area contributed by atoms with Crippen LogP contribution in [0.25, 0.3) is 28.2 Å². The fourth-order valence-corrected chi connectivity index (χ4v) is 5.22. The summed E-state index contributed by atoms with van der Waals surface area (Å²) in [5, 5.41) is 11.1. The van der Waals surface area contributed by atoms with Gasteiger partial charge in [-0.25, -0.2) is 4.79 Å². The van der Waals surface area contributed by atoms with Gasteiger partial charge in [-0.2, -0.15) is 0 Å². The van der Waals surface area contributed by atoms with Crippen molar-refractivity contribution in [2.75, 3.05) is 0 Å². The number of hydrogen-bond acceptors (Lipinski definition) is 6. The molecule has 2 aliphatic heterocycles. The fraction of sp³-hybridized carbons (Fsp3) is 0.400. The van der Waals surface area contributed by atoms with Crippen molar-refractivity contribution in [1.82, 2.24) is 0 Å². The maximum Gasteiger partial charge on any atom is 0.343 e. The van der Waals surface area contributed by atoms with Crippen molar-refractivity contribution in [3.05, 3.63) is 53.5 Å². The molecule has 0 bridgehead atoms. The maximum atomic E-state index is 13.6. The van der Waals surface area contributed by atoms with E-state index in [4.69, 9.17) is 13.9 Å². The normalized spacial score (nSPS) is 23.9. The molecule has 0 spiro atoms. The number of carboxylic acids is 1. The zero-order chi connectivity index (χ0) is 23.2. The molecule has 0 amide bonds. The minimum absolute atomic E-state index is 0.0607. The SMILES string of the molecule is Cc1c2c3c(c4c(=O)c(C)c5c(c4oc3c(C(=O)O)c1=O)=CO[C@H](C)[C@H]5C)O[C@H](C)[C@H]2C. The van der Waals surface area contributed by atoms with Gasteiger partial charge >= 0.3 is 5.97 Å². The Morgan fingerprint density at radius 1 is 0.875 bits per heavy atom. The number of carbonyl (C=O) groups is 1. The Bertz CT molecular complexity index is 1530. The zero-order valence-electron chi connectivity index (χ0n) is 18.8. The van der Waals surface area contributed by atoms with Crippen LogP contribution >= 0.6 is 0 Å². The molecule has 7 heteroatoms. The van der Waals surface area contributed by atoms with Crippen LogP contribution in [0.3, 0.4) is 0 Å². The largest absolute Gasteiger partial charge is 0.497 e. The molecular formula is C25H24O7. The van der Waals surface area contributed by atoms with E-state index in [2.05, 4.69) is 0 Å². The van der Waals surface area contributed by atoms with E-state index in [1.807, 2.05) is 27.7 Å². The summed E-state index contributed by atoms with van der Waals surface area (Å²) in [6.07, 6.45) is 1.10. The summed E-state index contributed by atoms with van der Waals surface area (Å²) in [4.78, 5) is 38.8. The summed E-state index contributed by atoms with van der Waals surface area (Å²) in [6.45, 7) is 11.1. The van der Waals surface area contributed by atoms with Gasteiger partial charge in [-0.1, -0.05) is 13.8 Å². The first-order valence-corrected chi connectivity index (χ1v) is 10.7. The lowest BCUT2D eigenvalue weighted by molar-refractivity contribution is 0.0696. The molecule has 0 saturated carbocycles. The van der Waals surface area contributed by atoms with E-state index >= 15 is 0 Å². The highest BCUT2D eigenvalue weighted by Gasteiger charge is 2.36. The standard InChI is InChI=1S/C25H24O7/c1-8-12(5)30-7-14-15(8)10(3)20(26)18-22(14)32-24-17-16(9(2)13(6)31-23(17)18)11(4)21(27)19(24)25(28)29/h7-9,12-13H,1-6H3,(H,28,29)/t8-,9-,12-,13-/m1/s1. The van der Waals surface area contributed by atoms with E-state index < -0.39 is 17.0 Å². The second-order valence-electron chi connectivity index (χ2n) is 9.03. The topological polar surface area (TPSA) is 103 Å². The predicted molar refractivity (Wildman–Crippen MR) is 120 cm³/mol. The lowest BCUT2D eigenvalue weighted by Crippen LogP contribution is -2.34. The number of fused-ring (bicyclic) bond motifs is 4. The van der Waals surface area contributed by atoms with E-state index in [0.717, 1.165) is 5.56 Å². The molecule has 166 valence electrons. The Balaban J connectivity index is 2.14. The van der Waals surface area contributed by atoms with Gasteiger partial charge in [-0.15, -0.1) is 0 Å². The van der Waals surface area contributed by atoms with Crippen molar-refractivity contribution in [3.63, 3.8) is 0 Å². The molecule has 0 saturated heterocycles. The van der Waals surface area contributed by atoms with Crippen molar-refractivity contribution in [2.24, 2.45) is 0 Å². The molecule has 0 fully saturated rings. The number of hydrogen-bond donors (Lipinski definition) is 1. The highest BCUT2D eigenvalue weighted by atomic mass is 16.5. The first-order valence-electron chi connectivity index (χ1n) is 10.7. The fourth-order valence-electron chi connectivity index (χ4n) is 5.22. The van der Waals surface area contributed by atoms with E-state index in [1.165, 1.54) is 0 Å². The smallest absolute Gasteiger partial charge is 0.343 e. The van der Waals surface area contributed by atoms with Crippen molar-refractivity contribution in [2.45, 2.75) is 65.6 Å². The molecule has 0 aliphatic carbocycles. The summed E-state index contributed by atoms with van der Waals surface area (Å²) >= 11 is 0. The molecule has 2 aliphatic rings. The van der Waals surface area contributed by atoms with Gasteiger partial charge in [-0.3, -0.25) is 9.59 Å². The van der Waals surface area contributed by atoms with Crippen LogP contribution < -0.4 is 20.8 Å². The average molecular weight is 436 g/mol. The summed E-state index contributed by atoms with van der Waals surface area (Å²) < 4.78 is 18.2. The molecule has 32 heavy (non-hydrogen) atoms. The van der Waals surface area contributed by atoms with Crippen LogP contribution in [-0.2, 0) is 4.74 Å². The van der Waals surface area contributed by atoms with Crippen molar-refractivity contribution >= 4 is 34.2 Å². The summed E-state index contributed by atoms with van der Waals surface area (Å²) in [7, 11) is 0. The second kappa shape index (κ2) is 6.58. The molecule has 2 aromatic carbocycles. The molecule has 3 aromatic rings. The molecule has 0 unspecified atom stereocenters. The summed E-state index contributed by atoms with van der Waals surface area (Å²) in [5.41, 5.74) is 1.28. The van der Waals surface area contributed by atoms with Crippen LogP contribution in [0.2, 0.25) is 0 Å². The first-order chi connectivity index (χ1) is 15.1. The quantitative estimate of drug-likeness (QED) is 0.583. The predicted octanol–water partition coefficient (Wildman–Crippen LogP) is 3.48. The minimum atomic E-state index is -1.38. The van der Waals surface area contributed by atoms with Gasteiger partial charge in [0, 0.05) is 23.0 Å². The first kappa shape index (κ1) is 20.5. The molecule has 0 radical (unpaired) electrons. The van der Waals surface area contributed by atoms with E-state index in [-0.39, 0.29) is 51.8 Å². The van der Waals surface area contributed by atoms with Crippen LogP contribution in [0.5, 0.6) is 5.75 Å². The lowest BCUT2D eigenvalue weighted by Gasteiger charge is -2.32. The molecule has 7 nitrogen and oxygen atoms in total. The third kappa shape index (κ3) is 2.39. The average Bonchev–Trinajstić information content (AvgIpc) is 2.73. The highest BCUT2D eigenvalue weighted by Crippen LogP contribution is 2.45. The third-order valence-corrected chi connectivity index (χ3v) is 7.32. The molecular weight excluding hydrogens is 412 g/mol. The van der Waals surface area contributed by atoms with Gasteiger partial charge in [0.15, 0.2) is 27.6 Å². The Labute approximate surface area is 183 Å².